The normalized spacial score (nSPS) is 22.9. The average molecular weight is 516 g/mol. The van der Waals surface area contributed by atoms with Gasteiger partial charge < -0.3 is 19.7 Å². The number of carbonyl (C=O) groups is 2. The smallest absolute Gasteiger partial charge is 0.395 e. The van der Waals surface area contributed by atoms with Crippen molar-refractivity contribution in [3.8, 4) is 21.9 Å². The minimum Gasteiger partial charge on any atom is -0.395 e. The van der Waals surface area contributed by atoms with Gasteiger partial charge in [0.25, 0.3) is 11.8 Å². The minimum absolute atomic E-state index is 0.0728. The number of likely N-dealkylation sites (tertiary alicyclic amines) is 1. The van der Waals surface area contributed by atoms with Gasteiger partial charge >= 0.3 is 6.29 Å². The number of hydrogen-bond donors (Lipinski definition) is 1. The largest absolute Gasteiger partial charge is 0.586 e. The molecule has 0 radical (unpaired) electrons. The number of aromatic nitrogens is 1. The summed E-state index contributed by atoms with van der Waals surface area (Å²) in [5.74, 6) is -1.24. The van der Waals surface area contributed by atoms with Gasteiger partial charge in [0.05, 0.1) is 21.5 Å². The van der Waals surface area contributed by atoms with E-state index in [1.165, 1.54) is 41.7 Å². The highest BCUT2D eigenvalue weighted by Crippen LogP contribution is 2.50. The molecule has 1 aliphatic carbocycles. The van der Waals surface area contributed by atoms with Gasteiger partial charge in [0.1, 0.15) is 11.5 Å². The van der Waals surface area contributed by atoms with Crippen LogP contribution in [0.5, 0.6) is 11.5 Å². The van der Waals surface area contributed by atoms with Crippen LogP contribution in [0.4, 0.5) is 13.2 Å². The first-order valence-electron chi connectivity index (χ1n) is 11.4. The number of ether oxygens (including phenoxy) is 2. The Morgan fingerprint density at radius 1 is 1.22 bits per heavy atom. The summed E-state index contributed by atoms with van der Waals surface area (Å²) in [6.45, 7) is 2.47. The third-order valence-electron chi connectivity index (χ3n) is 6.73. The second-order valence-electron chi connectivity index (χ2n) is 9.12. The van der Waals surface area contributed by atoms with E-state index in [2.05, 4.69) is 19.8 Å². The van der Waals surface area contributed by atoms with Crippen LogP contribution in [-0.4, -0.2) is 47.1 Å². The van der Waals surface area contributed by atoms with Crippen molar-refractivity contribution in [2.75, 3.05) is 13.1 Å². The fraction of sp³-hybridized carbons (Fsp3) is 0.320. The number of carbonyl (C=O) groups excluding carboxylic acids is 2. The van der Waals surface area contributed by atoms with E-state index in [0.29, 0.717) is 27.9 Å². The van der Waals surface area contributed by atoms with Gasteiger partial charge in [-0.15, -0.1) is 20.1 Å². The van der Waals surface area contributed by atoms with E-state index in [9.17, 15) is 22.8 Å². The van der Waals surface area contributed by atoms with Gasteiger partial charge in [0, 0.05) is 13.1 Å². The van der Waals surface area contributed by atoms with E-state index in [1.54, 1.807) is 24.0 Å². The fourth-order valence-electron chi connectivity index (χ4n) is 5.04. The first-order valence-corrected chi connectivity index (χ1v) is 12.2. The number of fused-ring (bicyclic) bond motifs is 2. The van der Waals surface area contributed by atoms with E-state index < -0.39 is 18.0 Å². The van der Waals surface area contributed by atoms with Crippen molar-refractivity contribution < 1.29 is 32.2 Å². The van der Waals surface area contributed by atoms with Crippen LogP contribution in [0.25, 0.3) is 10.4 Å². The number of aryl methyl sites for hydroxylation is 1. The molecule has 0 bridgehead atoms. The zero-order chi connectivity index (χ0) is 25.2. The Hall–Kier alpha value is -3.60. The summed E-state index contributed by atoms with van der Waals surface area (Å²) in [5, 5.41) is 3.45. The lowest BCUT2D eigenvalue weighted by Crippen LogP contribution is -2.45. The molecule has 2 aliphatic heterocycles. The van der Waals surface area contributed by atoms with Gasteiger partial charge in [-0.3, -0.25) is 9.59 Å². The summed E-state index contributed by atoms with van der Waals surface area (Å²) in [7, 11) is 0. The van der Waals surface area contributed by atoms with Gasteiger partial charge in [-0.1, -0.05) is 18.2 Å². The highest BCUT2D eigenvalue weighted by Gasteiger charge is 2.54. The number of nitrogens with zero attached hydrogens (tertiary/aromatic N) is 2. The van der Waals surface area contributed by atoms with Gasteiger partial charge in [-0.2, -0.15) is 0 Å². The first-order chi connectivity index (χ1) is 17.2. The minimum atomic E-state index is -3.83. The lowest BCUT2D eigenvalue weighted by Gasteiger charge is -2.27. The van der Waals surface area contributed by atoms with Crippen LogP contribution in [0.3, 0.4) is 0 Å². The number of amides is 2. The second-order valence-corrected chi connectivity index (χ2v) is 10.3. The summed E-state index contributed by atoms with van der Waals surface area (Å²) in [4.78, 5) is 33.2. The molecule has 2 fully saturated rings. The fourth-order valence-corrected chi connectivity index (χ4v) is 5.95. The maximum Gasteiger partial charge on any atom is 0.586 e. The Morgan fingerprint density at radius 2 is 2.03 bits per heavy atom. The number of rotatable bonds is 5. The lowest BCUT2D eigenvalue weighted by atomic mass is 10.1. The average Bonchev–Trinajstić information content (AvgIpc) is 3.17. The predicted molar refractivity (Wildman–Crippen MR) is 124 cm³/mol. The molecule has 0 unspecified atom stereocenters. The number of para-hydroxylation sites is 1. The zero-order valence-corrected chi connectivity index (χ0v) is 19.8. The van der Waals surface area contributed by atoms with Crippen molar-refractivity contribution in [1.29, 1.82) is 0 Å². The summed E-state index contributed by atoms with van der Waals surface area (Å²) in [6.07, 6.45) is -2.89. The third kappa shape index (κ3) is 3.97. The van der Waals surface area contributed by atoms with Crippen LogP contribution >= 0.6 is 11.3 Å². The lowest BCUT2D eigenvalue weighted by molar-refractivity contribution is -0.286. The Kier molecular flexibility index (Phi) is 5.22. The van der Waals surface area contributed by atoms with Crippen molar-refractivity contribution in [3.63, 3.8) is 0 Å². The van der Waals surface area contributed by atoms with Crippen LogP contribution in [0, 0.1) is 24.6 Å². The summed E-state index contributed by atoms with van der Waals surface area (Å²) < 4.78 is 49.8. The molecule has 11 heteroatoms. The molecule has 3 heterocycles. The summed E-state index contributed by atoms with van der Waals surface area (Å²) >= 11 is 1.32. The van der Waals surface area contributed by atoms with Crippen LogP contribution in [0.1, 0.15) is 32.3 Å². The topological polar surface area (TPSA) is 80.8 Å². The van der Waals surface area contributed by atoms with Crippen molar-refractivity contribution in [1.82, 2.24) is 15.2 Å². The number of nitrogens with one attached hydrogen (secondary N) is 1. The van der Waals surface area contributed by atoms with E-state index in [-0.39, 0.29) is 47.2 Å². The van der Waals surface area contributed by atoms with Crippen molar-refractivity contribution in [2.24, 2.45) is 11.8 Å². The summed E-state index contributed by atoms with van der Waals surface area (Å²) in [5.41, 5.74) is 0.765. The molecule has 6 rings (SSSR count). The number of hydrogen-bond acceptors (Lipinski definition) is 6. The molecule has 3 atom stereocenters. The highest BCUT2D eigenvalue weighted by molar-refractivity contribution is 7.15. The molecule has 1 saturated carbocycles. The van der Waals surface area contributed by atoms with E-state index >= 15 is 0 Å². The molecule has 1 aromatic heterocycles. The number of alkyl halides is 2. The number of thiazole rings is 1. The Balaban J connectivity index is 1.21. The maximum absolute atomic E-state index is 13.8. The van der Waals surface area contributed by atoms with E-state index in [4.69, 9.17) is 0 Å². The standard InChI is InChI=1S/C25H20F3N3O4S/c1-12-30-20(22(36-12)13-4-2-5-15(26)8-13)24(33)31-11-14-9-17(14)18(31)10-29-23(32)16-6-3-7-19-21(16)35-25(27,28)34-19/h2-8,14,17-18H,9-11H2,1H3,(H,29,32)/t14-,17-,18-/m1/s1. The highest BCUT2D eigenvalue weighted by atomic mass is 32.1. The molecule has 1 saturated heterocycles. The molecule has 7 nitrogen and oxygen atoms in total. The van der Waals surface area contributed by atoms with Crippen LogP contribution < -0.4 is 14.8 Å². The number of benzene rings is 2. The molecule has 3 aromatic rings. The van der Waals surface area contributed by atoms with Crippen LogP contribution in [-0.2, 0) is 0 Å². The van der Waals surface area contributed by atoms with Gasteiger partial charge in [0.15, 0.2) is 11.5 Å². The quantitative estimate of drug-likeness (QED) is 0.543. The third-order valence-corrected chi connectivity index (χ3v) is 7.75. The molecular formula is C25H20F3N3O4S. The molecule has 0 spiro atoms. The number of piperidine rings is 1. The maximum atomic E-state index is 13.8. The van der Waals surface area contributed by atoms with Gasteiger partial charge in [0.2, 0.25) is 0 Å². The Labute approximate surface area is 207 Å². The zero-order valence-electron chi connectivity index (χ0n) is 19.0. The molecule has 2 amide bonds. The molecule has 36 heavy (non-hydrogen) atoms. The second kappa shape index (κ2) is 8.22. The summed E-state index contributed by atoms with van der Waals surface area (Å²) in [6, 6.07) is 9.86. The van der Waals surface area contributed by atoms with Crippen molar-refractivity contribution in [2.45, 2.75) is 25.7 Å². The molecule has 1 N–H and O–H groups in total. The molecule has 3 aliphatic rings. The number of halogens is 3. The predicted octanol–water partition coefficient (Wildman–Crippen LogP) is 4.47. The van der Waals surface area contributed by atoms with Crippen LogP contribution in [0.15, 0.2) is 42.5 Å². The van der Waals surface area contributed by atoms with E-state index in [0.717, 1.165) is 6.42 Å². The Morgan fingerprint density at radius 3 is 2.83 bits per heavy atom. The monoisotopic (exact) mass is 515 g/mol. The first kappa shape index (κ1) is 22.8. The van der Waals surface area contributed by atoms with Crippen LogP contribution in [0.2, 0.25) is 0 Å². The van der Waals surface area contributed by atoms with Gasteiger partial charge in [-0.05, 0) is 55.0 Å². The van der Waals surface area contributed by atoms with Gasteiger partial charge in [-0.25, -0.2) is 9.37 Å². The SMILES string of the molecule is Cc1nc(C(=O)N2C[C@H]3C[C@H]3[C@H]2CNC(=O)c2cccc3c2OC(F)(F)O3)c(-c2cccc(F)c2)s1. The molecular weight excluding hydrogens is 495 g/mol. The Bertz CT molecular complexity index is 1390. The molecule has 186 valence electrons. The van der Waals surface area contributed by atoms with Crippen molar-refractivity contribution in [3.05, 3.63) is 64.5 Å². The van der Waals surface area contributed by atoms with Crippen molar-refractivity contribution >= 4 is 23.2 Å². The molecule has 2 aromatic carbocycles. The van der Waals surface area contributed by atoms with E-state index in [1.807, 2.05) is 0 Å².